The van der Waals surface area contributed by atoms with Crippen molar-refractivity contribution in [2.24, 2.45) is 0 Å². The zero-order valence-electron chi connectivity index (χ0n) is 8.27. The van der Waals surface area contributed by atoms with Crippen molar-refractivity contribution in [3.63, 3.8) is 0 Å². The van der Waals surface area contributed by atoms with E-state index in [1.165, 1.54) is 11.3 Å². The van der Waals surface area contributed by atoms with Gasteiger partial charge in [0.25, 0.3) is 5.56 Å². The number of aromatic nitrogens is 2. The van der Waals surface area contributed by atoms with Crippen molar-refractivity contribution in [1.29, 1.82) is 0 Å². The van der Waals surface area contributed by atoms with Crippen LogP contribution in [0, 0.1) is 5.82 Å². The molecular formula is C9H6FN3O3S. The van der Waals surface area contributed by atoms with Crippen molar-refractivity contribution in [3.05, 3.63) is 50.4 Å². The minimum Gasteiger partial charge on any atom is -0.298 e. The standard InChI is InChI=1S/C9H6FN3O3S/c10-5-4-13(9(16)12-7(5)14)8(15)11-6-2-1-3-17-6/h1-4H,(H,11,15)(H,12,14,16). The Bertz CT molecular complexity index is 659. The fraction of sp³-hybridized carbons (Fsp3) is 0. The number of amides is 1. The first kappa shape index (κ1) is 11.3. The molecule has 2 N–H and O–H groups in total. The van der Waals surface area contributed by atoms with Gasteiger partial charge in [-0.25, -0.2) is 14.2 Å². The van der Waals surface area contributed by atoms with Crippen molar-refractivity contribution < 1.29 is 9.18 Å². The molecule has 1 amide bonds. The maximum Gasteiger partial charge on any atom is 0.336 e. The highest BCUT2D eigenvalue weighted by Crippen LogP contribution is 2.14. The number of nitrogens with one attached hydrogen (secondary N) is 2. The van der Waals surface area contributed by atoms with Crippen molar-refractivity contribution in [1.82, 2.24) is 9.55 Å². The van der Waals surface area contributed by atoms with Crippen molar-refractivity contribution >= 4 is 22.4 Å². The van der Waals surface area contributed by atoms with Crippen LogP contribution in [-0.4, -0.2) is 15.6 Å². The summed E-state index contributed by atoms with van der Waals surface area (Å²) in [7, 11) is 0. The summed E-state index contributed by atoms with van der Waals surface area (Å²) in [5.74, 6) is -1.20. The first-order valence-corrected chi connectivity index (χ1v) is 5.32. The summed E-state index contributed by atoms with van der Waals surface area (Å²) in [5, 5.41) is 4.62. The van der Waals surface area contributed by atoms with Crippen LogP contribution in [0.5, 0.6) is 0 Å². The zero-order valence-corrected chi connectivity index (χ0v) is 9.08. The molecule has 0 atom stereocenters. The third-order valence-corrected chi connectivity index (χ3v) is 2.65. The van der Waals surface area contributed by atoms with Gasteiger partial charge in [0.05, 0.1) is 11.2 Å². The molecule has 0 saturated carbocycles. The topological polar surface area (TPSA) is 84.0 Å². The Hall–Kier alpha value is -2.22. The fourth-order valence-electron chi connectivity index (χ4n) is 1.11. The van der Waals surface area contributed by atoms with E-state index in [4.69, 9.17) is 0 Å². The number of carbonyl (C=O) groups excluding carboxylic acids is 1. The molecule has 2 aromatic heterocycles. The number of hydrogen-bond donors (Lipinski definition) is 2. The van der Waals surface area contributed by atoms with E-state index in [9.17, 15) is 18.8 Å². The highest BCUT2D eigenvalue weighted by Gasteiger charge is 2.11. The lowest BCUT2D eigenvalue weighted by Crippen LogP contribution is -2.37. The molecule has 0 aromatic carbocycles. The van der Waals surface area contributed by atoms with Crippen LogP contribution in [0.25, 0.3) is 0 Å². The molecule has 0 unspecified atom stereocenters. The van der Waals surface area contributed by atoms with Gasteiger partial charge in [-0.15, -0.1) is 11.3 Å². The monoisotopic (exact) mass is 255 g/mol. The molecule has 2 aromatic rings. The van der Waals surface area contributed by atoms with E-state index < -0.39 is 23.1 Å². The molecule has 0 spiro atoms. The first-order valence-electron chi connectivity index (χ1n) is 4.44. The molecule has 0 aliphatic heterocycles. The second-order valence-corrected chi connectivity index (χ2v) is 3.96. The van der Waals surface area contributed by atoms with Crippen LogP contribution in [0.1, 0.15) is 0 Å². The Morgan fingerprint density at radius 2 is 2.24 bits per heavy atom. The van der Waals surface area contributed by atoms with E-state index in [1.807, 2.05) is 0 Å². The third kappa shape index (κ3) is 2.31. The van der Waals surface area contributed by atoms with Crippen LogP contribution < -0.4 is 16.6 Å². The lowest BCUT2D eigenvalue weighted by molar-refractivity contribution is 0.252. The Balaban J connectivity index is 2.35. The van der Waals surface area contributed by atoms with Crippen LogP contribution in [0.3, 0.4) is 0 Å². The van der Waals surface area contributed by atoms with Gasteiger partial charge in [0.2, 0.25) is 5.82 Å². The van der Waals surface area contributed by atoms with Crippen molar-refractivity contribution in [2.75, 3.05) is 5.32 Å². The minimum absolute atomic E-state index is 0.455. The molecule has 88 valence electrons. The lowest BCUT2D eigenvalue weighted by Gasteiger charge is -2.03. The number of halogens is 1. The van der Waals surface area contributed by atoms with Crippen molar-refractivity contribution in [2.45, 2.75) is 0 Å². The van der Waals surface area contributed by atoms with Gasteiger partial charge in [0.1, 0.15) is 0 Å². The molecule has 6 nitrogen and oxygen atoms in total. The van der Waals surface area contributed by atoms with E-state index in [2.05, 4.69) is 5.32 Å². The summed E-state index contributed by atoms with van der Waals surface area (Å²) >= 11 is 1.25. The van der Waals surface area contributed by atoms with E-state index in [0.29, 0.717) is 15.8 Å². The van der Waals surface area contributed by atoms with Gasteiger partial charge in [-0.05, 0) is 17.5 Å². The largest absolute Gasteiger partial charge is 0.336 e. The maximum absolute atomic E-state index is 12.9. The van der Waals surface area contributed by atoms with Gasteiger partial charge in [-0.3, -0.25) is 15.1 Å². The first-order chi connectivity index (χ1) is 8.08. The number of nitrogens with zero attached hydrogens (tertiary/aromatic N) is 1. The minimum atomic E-state index is -1.20. The second kappa shape index (κ2) is 4.34. The molecule has 0 fully saturated rings. The summed E-state index contributed by atoms with van der Waals surface area (Å²) in [5.41, 5.74) is -2.15. The molecule has 2 heterocycles. The molecule has 0 aliphatic rings. The van der Waals surface area contributed by atoms with E-state index >= 15 is 0 Å². The van der Waals surface area contributed by atoms with Gasteiger partial charge in [-0.1, -0.05) is 0 Å². The summed E-state index contributed by atoms with van der Waals surface area (Å²) < 4.78 is 13.4. The predicted molar refractivity (Wildman–Crippen MR) is 60.0 cm³/mol. The van der Waals surface area contributed by atoms with Crippen molar-refractivity contribution in [3.8, 4) is 0 Å². The van der Waals surface area contributed by atoms with Crippen LogP contribution >= 0.6 is 11.3 Å². The summed E-state index contributed by atoms with van der Waals surface area (Å²) in [6.45, 7) is 0. The van der Waals surface area contributed by atoms with Crippen LogP contribution in [0.15, 0.2) is 33.3 Å². The van der Waals surface area contributed by atoms with E-state index in [0.717, 1.165) is 0 Å². The molecule has 17 heavy (non-hydrogen) atoms. The average molecular weight is 255 g/mol. The number of rotatable bonds is 1. The quantitative estimate of drug-likeness (QED) is 0.791. The number of carbonyl (C=O) groups is 1. The number of anilines is 1. The summed E-state index contributed by atoms with van der Waals surface area (Å²) in [6, 6.07) is 2.49. The van der Waals surface area contributed by atoms with Gasteiger partial charge >= 0.3 is 11.7 Å². The predicted octanol–water partition coefficient (Wildman–Crippen LogP) is 0.817. The molecular weight excluding hydrogens is 249 g/mol. The van der Waals surface area contributed by atoms with Gasteiger partial charge in [-0.2, -0.15) is 4.39 Å². The normalized spacial score (nSPS) is 10.2. The van der Waals surface area contributed by atoms with E-state index in [-0.39, 0.29) is 0 Å². The number of H-pyrrole nitrogens is 1. The number of hydrogen-bond acceptors (Lipinski definition) is 4. The Morgan fingerprint density at radius 1 is 1.47 bits per heavy atom. The number of aromatic amines is 1. The van der Waals surface area contributed by atoms with Crippen LogP contribution in [0.4, 0.5) is 14.2 Å². The van der Waals surface area contributed by atoms with Gasteiger partial charge in [0.15, 0.2) is 0 Å². The molecule has 0 saturated heterocycles. The maximum atomic E-state index is 12.9. The van der Waals surface area contributed by atoms with Gasteiger partial charge in [0, 0.05) is 0 Å². The lowest BCUT2D eigenvalue weighted by atomic mass is 10.6. The third-order valence-electron chi connectivity index (χ3n) is 1.87. The Labute approximate surface area is 97.3 Å². The second-order valence-electron chi connectivity index (χ2n) is 3.01. The van der Waals surface area contributed by atoms with Crippen LogP contribution in [-0.2, 0) is 0 Å². The van der Waals surface area contributed by atoms with E-state index in [1.54, 1.807) is 22.5 Å². The Kier molecular flexibility index (Phi) is 2.88. The molecule has 8 heteroatoms. The summed E-state index contributed by atoms with van der Waals surface area (Å²) in [6.07, 6.45) is 0.546. The smallest absolute Gasteiger partial charge is 0.298 e. The fourth-order valence-corrected chi connectivity index (χ4v) is 1.72. The molecule has 0 aliphatic carbocycles. The Morgan fingerprint density at radius 3 is 2.88 bits per heavy atom. The summed E-state index contributed by atoms with van der Waals surface area (Å²) in [4.78, 5) is 35.3. The SMILES string of the molecule is O=C(Nc1cccs1)n1cc(F)c(=O)[nH]c1=O. The molecule has 0 radical (unpaired) electrons. The highest BCUT2D eigenvalue weighted by atomic mass is 32.1. The molecule has 0 bridgehead atoms. The molecule has 2 rings (SSSR count). The number of thiophene rings is 1. The van der Waals surface area contributed by atoms with Gasteiger partial charge < -0.3 is 0 Å². The zero-order chi connectivity index (χ0) is 12.4. The highest BCUT2D eigenvalue weighted by molar-refractivity contribution is 7.14. The van der Waals surface area contributed by atoms with Crippen LogP contribution in [0.2, 0.25) is 0 Å². The average Bonchev–Trinajstić information content (AvgIpc) is 2.76.